The summed E-state index contributed by atoms with van der Waals surface area (Å²) in [5.41, 5.74) is 4.16. The Morgan fingerprint density at radius 2 is 1.74 bits per heavy atom. The monoisotopic (exact) mass is 576 g/mol. The van der Waals surface area contributed by atoms with Crippen LogP contribution in [-0.4, -0.2) is 84.0 Å². The Kier molecular flexibility index (Phi) is 8.86. The Morgan fingerprint density at radius 1 is 0.929 bits per heavy atom. The van der Waals surface area contributed by atoms with Gasteiger partial charge in [0, 0.05) is 37.7 Å². The number of rotatable bonds is 9. The molecule has 0 spiro atoms. The van der Waals surface area contributed by atoms with E-state index in [1.165, 1.54) is 24.0 Å². The summed E-state index contributed by atoms with van der Waals surface area (Å²) in [6.45, 7) is 5.11. The molecule has 2 atom stereocenters. The van der Waals surface area contributed by atoms with Crippen molar-refractivity contribution in [1.82, 2.24) is 20.0 Å². The molecule has 4 aliphatic rings. The van der Waals surface area contributed by atoms with Crippen LogP contribution in [0.1, 0.15) is 77.9 Å². The summed E-state index contributed by atoms with van der Waals surface area (Å²) in [6, 6.07) is 14.4. The molecule has 3 fully saturated rings. The molecule has 42 heavy (non-hydrogen) atoms. The molecule has 9 heteroatoms. The summed E-state index contributed by atoms with van der Waals surface area (Å²) >= 11 is 0. The van der Waals surface area contributed by atoms with Gasteiger partial charge in [-0.1, -0.05) is 30.7 Å². The highest BCUT2D eigenvalue weighted by molar-refractivity contribution is 6.05. The van der Waals surface area contributed by atoms with Gasteiger partial charge in [0.2, 0.25) is 11.8 Å². The van der Waals surface area contributed by atoms with Gasteiger partial charge in [-0.25, -0.2) is 4.39 Å². The van der Waals surface area contributed by atoms with Crippen LogP contribution in [0, 0.1) is 0 Å². The number of piperidine rings is 3. The number of nitrogens with zero attached hydrogens (tertiary/aromatic N) is 3. The van der Waals surface area contributed by atoms with Crippen molar-refractivity contribution < 1.29 is 23.5 Å². The number of carbonyl (C=O) groups excluding carboxylic acids is 3. The van der Waals surface area contributed by atoms with E-state index in [1.807, 2.05) is 12.1 Å². The van der Waals surface area contributed by atoms with E-state index in [2.05, 4.69) is 39.4 Å². The predicted molar refractivity (Wildman–Crippen MR) is 157 cm³/mol. The van der Waals surface area contributed by atoms with Crippen LogP contribution < -0.4 is 10.1 Å². The molecule has 0 aliphatic carbocycles. The summed E-state index contributed by atoms with van der Waals surface area (Å²) < 4.78 is 19.0. The molecule has 3 saturated heterocycles. The summed E-state index contributed by atoms with van der Waals surface area (Å²) in [5.74, 6) is 0.445. The molecule has 6 rings (SSSR count). The van der Waals surface area contributed by atoms with Crippen molar-refractivity contribution in [3.8, 4) is 5.75 Å². The zero-order valence-electron chi connectivity index (χ0n) is 24.2. The second-order valence-electron chi connectivity index (χ2n) is 12.2. The Labute approximate surface area is 247 Å². The molecule has 1 unspecified atom stereocenters. The van der Waals surface area contributed by atoms with E-state index in [0.717, 1.165) is 56.8 Å². The maximum atomic E-state index is 13.0. The lowest BCUT2D eigenvalue weighted by Crippen LogP contribution is -2.52. The minimum absolute atomic E-state index is 0.169. The van der Waals surface area contributed by atoms with Gasteiger partial charge in [0.1, 0.15) is 25.1 Å². The minimum atomic E-state index is -0.614. The number of carbonyl (C=O) groups is 3. The number of imide groups is 1. The summed E-state index contributed by atoms with van der Waals surface area (Å²) in [4.78, 5) is 43.2. The third kappa shape index (κ3) is 6.37. The summed E-state index contributed by atoms with van der Waals surface area (Å²) in [5, 5.41) is 2.35. The predicted octanol–water partition coefficient (Wildman–Crippen LogP) is 4.03. The maximum Gasteiger partial charge on any atom is 0.255 e. The molecular weight excluding hydrogens is 535 g/mol. The van der Waals surface area contributed by atoms with Gasteiger partial charge >= 0.3 is 0 Å². The van der Waals surface area contributed by atoms with Gasteiger partial charge in [0.25, 0.3) is 5.91 Å². The Morgan fingerprint density at radius 3 is 2.50 bits per heavy atom. The van der Waals surface area contributed by atoms with Crippen molar-refractivity contribution in [3.63, 3.8) is 0 Å². The van der Waals surface area contributed by atoms with Crippen LogP contribution in [0.5, 0.6) is 5.75 Å². The smallest absolute Gasteiger partial charge is 0.255 e. The van der Waals surface area contributed by atoms with Crippen LogP contribution in [0.15, 0.2) is 42.5 Å². The van der Waals surface area contributed by atoms with E-state index in [1.54, 1.807) is 11.0 Å². The van der Waals surface area contributed by atoms with Gasteiger partial charge < -0.3 is 14.5 Å². The van der Waals surface area contributed by atoms with E-state index in [9.17, 15) is 18.8 Å². The van der Waals surface area contributed by atoms with E-state index in [-0.39, 0.29) is 24.9 Å². The molecule has 4 aliphatic heterocycles. The Bertz CT molecular complexity index is 1290. The van der Waals surface area contributed by atoms with Crippen molar-refractivity contribution >= 4 is 17.7 Å². The molecule has 0 saturated carbocycles. The zero-order chi connectivity index (χ0) is 29.1. The second kappa shape index (κ2) is 12.9. The molecular formula is C33H41FN4O4. The molecule has 0 radical (unpaired) electrons. The lowest BCUT2D eigenvalue weighted by Gasteiger charge is -2.35. The lowest BCUT2D eigenvalue weighted by molar-refractivity contribution is -0.136. The second-order valence-corrected chi connectivity index (χ2v) is 12.2. The van der Waals surface area contributed by atoms with Gasteiger partial charge in [-0.15, -0.1) is 0 Å². The maximum absolute atomic E-state index is 13.0. The fraction of sp³-hybridized carbons (Fsp3) is 0.545. The lowest BCUT2D eigenvalue weighted by atomic mass is 9.89. The highest BCUT2D eigenvalue weighted by Crippen LogP contribution is 2.31. The number of hydrogen-bond acceptors (Lipinski definition) is 6. The number of alkyl halides is 1. The van der Waals surface area contributed by atoms with Gasteiger partial charge in [-0.05, 0) is 92.5 Å². The van der Waals surface area contributed by atoms with Crippen LogP contribution >= 0.6 is 0 Å². The number of likely N-dealkylation sites (tertiary alicyclic amines) is 2. The van der Waals surface area contributed by atoms with Crippen molar-refractivity contribution in [3.05, 3.63) is 64.7 Å². The van der Waals surface area contributed by atoms with E-state index >= 15 is 0 Å². The van der Waals surface area contributed by atoms with Crippen molar-refractivity contribution in [2.24, 2.45) is 0 Å². The first-order valence-electron chi connectivity index (χ1n) is 15.5. The van der Waals surface area contributed by atoms with Gasteiger partial charge in [0.05, 0.1) is 0 Å². The first-order chi connectivity index (χ1) is 20.5. The molecule has 0 aromatic heterocycles. The first-order valence-corrected chi connectivity index (χ1v) is 15.5. The third-order valence-corrected chi connectivity index (χ3v) is 9.51. The van der Waals surface area contributed by atoms with Gasteiger partial charge in [-0.3, -0.25) is 24.6 Å². The molecule has 224 valence electrons. The van der Waals surface area contributed by atoms with Crippen LogP contribution in [0.4, 0.5) is 4.39 Å². The van der Waals surface area contributed by atoms with Crippen LogP contribution in [0.3, 0.4) is 0 Å². The van der Waals surface area contributed by atoms with Crippen LogP contribution in [0.2, 0.25) is 0 Å². The van der Waals surface area contributed by atoms with E-state index in [0.29, 0.717) is 43.6 Å². The number of benzene rings is 2. The van der Waals surface area contributed by atoms with Gasteiger partial charge in [-0.2, -0.15) is 0 Å². The largest absolute Gasteiger partial charge is 0.492 e. The average molecular weight is 577 g/mol. The van der Waals surface area contributed by atoms with Crippen molar-refractivity contribution in [2.75, 3.05) is 39.5 Å². The van der Waals surface area contributed by atoms with Gasteiger partial charge in [0.15, 0.2) is 0 Å². The Hall–Kier alpha value is -3.30. The summed E-state index contributed by atoms with van der Waals surface area (Å²) in [7, 11) is 0. The third-order valence-electron chi connectivity index (χ3n) is 9.51. The highest BCUT2D eigenvalue weighted by atomic mass is 19.1. The zero-order valence-corrected chi connectivity index (χ0v) is 24.2. The van der Waals surface area contributed by atoms with Crippen LogP contribution in [0.25, 0.3) is 0 Å². The fourth-order valence-corrected chi connectivity index (χ4v) is 7.03. The molecule has 0 bridgehead atoms. The number of hydrogen-bond donors (Lipinski definition) is 1. The van der Waals surface area contributed by atoms with Crippen LogP contribution in [-0.2, 0) is 22.7 Å². The molecule has 2 aromatic rings. The molecule has 2 aromatic carbocycles. The standard InChI is InChI=1S/C33H41FN4O4/c34-14-18-36-16-12-25(13-17-36)24-6-4-23(5-7-24)20-37-15-2-1-3-27(37)22-42-28-8-9-29-26(19-28)21-38(33(29)41)30-10-11-31(39)35-32(30)40/h4-9,19,25,27,30H,1-3,10-18,20-22H2,(H,35,39,40)/t27-,30?/m1/s1. The topological polar surface area (TPSA) is 82.2 Å². The normalized spacial score (nSPS) is 24.1. The van der Waals surface area contributed by atoms with E-state index in [4.69, 9.17) is 4.74 Å². The summed E-state index contributed by atoms with van der Waals surface area (Å²) in [6.07, 6.45) is 6.24. The number of ether oxygens (including phenoxy) is 1. The number of halogens is 1. The molecule has 8 nitrogen and oxygen atoms in total. The van der Waals surface area contributed by atoms with Crippen molar-refractivity contribution in [2.45, 2.75) is 76.0 Å². The fourth-order valence-electron chi connectivity index (χ4n) is 7.03. The molecule has 4 heterocycles. The number of fused-ring (bicyclic) bond motifs is 1. The molecule has 3 amide bonds. The Balaban J connectivity index is 1.03. The average Bonchev–Trinajstić information content (AvgIpc) is 3.33. The minimum Gasteiger partial charge on any atom is -0.492 e. The number of amides is 3. The van der Waals surface area contributed by atoms with Crippen molar-refractivity contribution in [1.29, 1.82) is 0 Å². The van der Waals surface area contributed by atoms with E-state index < -0.39 is 11.9 Å². The SMILES string of the molecule is O=C1CCC(N2Cc3cc(OC[C@H]4CCCCN4Cc4ccc(C5CCN(CCF)CC5)cc4)ccc3C2=O)C(=O)N1. The molecule has 1 N–H and O–H groups in total. The quantitative estimate of drug-likeness (QED) is 0.454. The highest BCUT2D eigenvalue weighted by Gasteiger charge is 2.39. The first kappa shape index (κ1) is 28.8. The number of nitrogens with one attached hydrogen (secondary N) is 1.